The Bertz CT molecular complexity index is 680. The Morgan fingerprint density at radius 1 is 1.25 bits per heavy atom. The van der Waals surface area contributed by atoms with Crippen LogP contribution in [0.1, 0.15) is 44.2 Å². The molecule has 130 valence electrons. The molecular weight excluding hydrogens is 296 g/mol. The minimum absolute atomic E-state index is 0.576. The van der Waals surface area contributed by atoms with Gasteiger partial charge in [0, 0.05) is 11.3 Å². The molecule has 0 radical (unpaired) electrons. The van der Waals surface area contributed by atoms with E-state index in [1.807, 2.05) is 0 Å². The molecule has 0 unspecified atom stereocenters. The van der Waals surface area contributed by atoms with Crippen LogP contribution in [0.5, 0.6) is 0 Å². The van der Waals surface area contributed by atoms with Crippen molar-refractivity contribution in [3.8, 4) is 0 Å². The van der Waals surface area contributed by atoms with Crippen molar-refractivity contribution in [3.05, 3.63) is 42.1 Å². The Hall–Kier alpha value is -1.65. The molecule has 4 nitrogen and oxygen atoms in total. The van der Waals surface area contributed by atoms with Gasteiger partial charge in [-0.1, -0.05) is 30.4 Å². The summed E-state index contributed by atoms with van der Waals surface area (Å²) in [6.45, 7) is 11.3. The number of para-hydroxylation sites is 1. The predicted octanol–water partition coefficient (Wildman–Crippen LogP) is 3.53. The van der Waals surface area contributed by atoms with Crippen molar-refractivity contribution in [2.24, 2.45) is 5.73 Å². The minimum atomic E-state index is 0.576. The van der Waals surface area contributed by atoms with Gasteiger partial charge < -0.3 is 10.6 Å². The van der Waals surface area contributed by atoms with E-state index < -0.39 is 0 Å². The Balaban J connectivity index is 1.72. The van der Waals surface area contributed by atoms with Crippen molar-refractivity contribution < 1.29 is 0 Å². The van der Waals surface area contributed by atoms with Crippen LogP contribution >= 0.6 is 0 Å². The lowest BCUT2D eigenvalue weighted by Gasteiger charge is -2.31. The molecule has 1 aliphatic heterocycles. The quantitative estimate of drug-likeness (QED) is 0.625. The first-order valence-electron chi connectivity index (χ1n) is 9.21. The fourth-order valence-electron chi connectivity index (χ4n) is 3.74. The summed E-state index contributed by atoms with van der Waals surface area (Å²) in [6.07, 6.45) is 4.76. The number of unbranched alkanes of at least 4 members (excludes halogenated alkanes) is 1. The maximum Gasteiger partial charge on any atom is 0.0735 e. The van der Waals surface area contributed by atoms with E-state index in [2.05, 4.69) is 47.3 Å². The van der Waals surface area contributed by atoms with Gasteiger partial charge in [0.15, 0.2) is 0 Å². The van der Waals surface area contributed by atoms with Gasteiger partial charge in [-0.2, -0.15) is 5.10 Å². The second kappa shape index (κ2) is 7.95. The highest BCUT2D eigenvalue weighted by atomic mass is 15.3. The van der Waals surface area contributed by atoms with Gasteiger partial charge in [0.2, 0.25) is 0 Å². The van der Waals surface area contributed by atoms with E-state index in [1.54, 1.807) is 0 Å². The normalized spacial score (nSPS) is 16.8. The van der Waals surface area contributed by atoms with Crippen molar-refractivity contribution in [1.29, 1.82) is 0 Å². The third kappa shape index (κ3) is 3.87. The van der Waals surface area contributed by atoms with Gasteiger partial charge in [0.05, 0.1) is 17.8 Å². The number of nitrogens with zero attached hydrogens (tertiary/aromatic N) is 3. The number of likely N-dealkylation sites (tertiary alicyclic amines) is 1. The largest absolute Gasteiger partial charge is 0.330 e. The van der Waals surface area contributed by atoms with E-state index in [0.29, 0.717) is 5.92 Å². The molecule has 2 heterocycles. The summed E-state index contributed by atoms with van der Waals surface area (Å²) in [5, 5.41) is 6.29. The van der Waals surface area contributed by atoms with Crippen molar-refractivity contribution in [2.75, 3.05) is 26.2 Å². The van der Waals surface area contributed by atoms with Gasteiger partial charge in [-0.25, -0.2) is 0 Å². The lowest BCUT2D eigenvalue weighted by atomic mass is 9.91. The minimum Gasteiger partial charge on any atom is -0.330 e. The van der Waals surface area contributed by atoms with E-state index >= 15 is 0 Å². The van der Waals surface area contributed by atoms with Crippen LogP contribution in [-0.2, 0) is 6.54 Å². The van der Waals surface area contributed by atoms with E-state index in [-0.39, 0.29) is 0 Å². The number of piperidine rings is 1. The maximum absolute atomic E-state index is 5.60. The summed E-state index contributed by atoms with van der Waals surface area (Å²) in [7, 11) is 0. The number of allylic oxidation sites excluding steroid dienone is 1. The number of hydrogen-bond acceptors (Lipinski definition) is 3. The second-order valence-electron chi connectivity index (χ2n) is 7.13. The first kappa shape index (κ1) is 17.2. The number of hydrogen-bond donors (Lipinski definition) is 1. The van der Waals surface area contributed by atoms with Gasteiger partial charge >= 0.3 is 0 Å². The third-order valence-corrected chi connectivity index (χ3v) is 5.01. The van der Waals surface area contributed by atoms with E-state index in [1.165, 1.54) is 55.5 Å². The number of rotatable bonds is 7. The zero-order valence-electron chi connectivity index (χ0n) is 14.9. The van der Waals surface area contributed by atoms with Crippen LogP contribution in [0.3, 0.4) is 0 Å². The van der Waals surface area contributed by atoms with Gasteiger partial charge in [-0.3, -0.25) is 4.68 Å². The number of aromatic nitrogens is 2. The molecule has 1 aromatic heterocycles. The Labute approximate surface area is 145 Å². The van der Waals surface area contributed by atoms with E-state index in [9.17, 15) is 0 Å². The molecule has 24 heavy (non-hydrogen) atoms. The molecule has 0 aliphatic carbocycles. The summed E-state index contributed by atoms with van der Waals surface area (Å²) < 4.78 is 2.13. The summed E-state index contributed by atoms with van der Waals surface area (Å²) in [4.78, 5) is 2.58. The van der Waals surface area contributed by atoms with E-state index in [4.69, 9.17) is 10.8 Å². The van der Waals surface area contributed by atoms with Crippen molar-refractivity contribution in [1.82, 2.24) is 14.7 Å². The molecule has 1 fully saturated rings. The van der Waals surface area contributed by atoms with Crippen LogP contribution < -0.4 is 5.73 Å². The molecule has 0 spiro atoms. The maximum atomic E-state index is 5.60. The molecule has 2 aromatic rings. The van der Waals surface area contributed by atoms with Crippen molar-refractivity contribution >= 4 is 10.9 Å². The fourth-order valence-corrected chi connectivity index (χ4v) is 3.74. The monoisotopic (exact) mass is 326 g/mol. The molecule has 0 amide bonds. The zero-order valence-corrected chi connectivity index (χ0v) is 14.9. The number of nitrogens with two attached hydrogens (primary N) is 1. The molecular formula is C20H30N4. The lowest BCUT2D eigenvalue weighted by Crippen LogP contribution is -2.34. The number of fused-ring (bicyclic) bond motifs is 1. The van der Waals surface area contributed by atoms with Crippen LogP contribution in [-0.4, -0.2) is 40.9 Å². The molecule has 3 rings (SSSR count). The van der Waals surface area contributed by atoms with E-state index in [0.717, 1.165) is 25.1 Å². The topological polar surface area (TPSA) is 47.1 Å². The molecule has 0 bridgehead atoms. The van der Waals surface area contributed by atoms with Crippen LogP contribution in [0.25, 0.3) is 10.9 Å². The third-order valence-electron chi connectivity index (χ3n) is 5.01. The molecule has 1 saturated heterocycles. The molecule has 0 saturated carbocycles. The fraction of sp³-hybridized carbons (Fsp3) is 0.550. The first-order chi connectivity index (χ1) is 11.7. The lowest BCUT2D eigenvalue weighted by molar-refractivity contribution is 0.208. The smallest absolute Gasteiger partial charge is 0.0735 e. The van der Waals surface area contributed by atoms with Gasteiger partial charge in [0.1, 0.15) is 0 Å². The highest BCUT2D eigenvalue weighted by molar-refractivity contribution is 5.82. The first-order valence-corrected chi connectivity index (χ1v) is 9.21. The van der Waals surface area contributed by atoms with Crippen LogP contribution in [0.4, 0.5) is 0 Å². The molecule has 1 aliphatic rings. The average Bonchev–Trinajstić information content (AvgIpc) is 2.94. The van der Waals surface area contributed by atoms with Crippen molar-refractivity contribution in [2.45, 2.75) is 45.1 Å². The summed E-state index contributed by atoms with van der Waals surface area (Å²) in [5.74, 6) is 0.576. The highest BCUT2D eigenvalue weighted by Crippen LogP contribution is 2.32. The van der Waals surface area contributed by atoms with Gasteiger partial charge in [0.25, 0.3) is 0 Å². The van der Waals surface area contributed by atoms with Crippen LogP contribution in [0, 0.1) is 0 Å². The summed E-state index contributed by atoms with van der Waals surface area (Å²) in [6, 6.07) is 8.63. The molecule has 2 N–H and O–H groups in total. The predicted molar refractivity (Wildman–Crippen MR) is 101 cm³/mol. The zero-order chi connectivity index (χ0) is 16.9. The highest BCUT2D eigenvalue weighted by Gasteiger charge is 2.24. The molecule has 4 heteroatoms. The van der Waals surface area contributed by atoms with Crippen molar-refractivity contribution in [3.63, 3.8) is 0 Å². The Morgan fingerprint density at radius 3 is 2.71 bits per heavy atom. The summed E-state index contributed by atoms with van der Waals surface area (Å²) in [5.41, 5.74) is 9.26. The second-order valence-corrected chi connectivity index (χ2v) is 7.13. The van der Waals surface area contributed by atoms with Gasteiger partial charge in [-0.15, -0.1) is 0 Å². The number of benzene rings is 1. The molecule has 0 atom stereocenters. The standard InChI is InChI=1S/C20H30N4/c1-16(2)15-24-19-8-4-3-7-18(19)20(22-24)17-9-13-23(14-10-17)12-6-5-11-21/h3-4,7-8,17H,1,5-6,9-15,21H2,2H3. The molecule has 1 aromatic carbocycles. The Morgan fingerprint density at radius 2 is 2.00 bits per heavy atom. The van der Waals surface area contributed by atoms with Crippen LogP contribution in [0.2, 0.25) is 0 Å². The summed E-state index contributed by atoms with van der Waals surface area (Å²) >= 11 is 0. The van der Waals surface area contributed by atoms with Crippen LogP contribution in [0.15, 0.2) is 36.4 Å². The van der Waals surface area contributed by atoms with Gasteiger partial charge in [-0.05, 0) is 64.9 Å². The SMILES string of the molecule is C=C(C)Cn1nc(C2CCN(CCCCN)CC2)c2ccccc21. The Kier molecular flexibility index (Phi) is 5.69. The average molecular weight is 326 g/mol.